The van der Waals surface area contributed by atoms with Gasteiger partial charge < -0.3 is 5.32 Å². The average molecular weight is 194 g/mol. The maximum Gasteiger partial charge on any atom is 0.0451 e. The molecule has 0 spiro atoms. The fraction of sp³-hybridized carbons (Fsp3) is 0.273. The second kappa shape index (κ2) is 4.91. The molecular weight excluding hydrogens is 182 g/mol. The highest BCUT2D eigenvalue weighted by Crippen LogP contribution is 2.16. The summed E-state index contributed by atoms with van der Waals surface area (Å²) >= 11 is 5.98. The average Bonchev–Trinajstić information content (AvgIpc) is 2.17. The van der Waals surface area contributed by atoms with E-state index in [1.807, 2.05) is 18.2 Å². The molecule has 0 aliphatic rings. The van der Waals surface area contributed by atoms with Crippen molar-refractivity contribution in [3.8, 4) is 12.3 Å². The number of terminal acetylenes is 1. The zero-order chi connectivity index (χ0) is 9.68. The van der Waals surface area contributed by atoms with Crippen LogP contribution in [0.15, 0.2) is 18.2 Å². The fourth-order valence-corrected chi connectivity index (χ4v) is 1.24. The molecule has 0 amide bonds. The first-order valence-electron chi connectivity index (χ1n) is 4.23. The molecule has 0 saturated carbocycles. The molecule has 0 heterocycles. The minimum atomic E-state index is 0.764. The monoisotopic (exact) mass is 193 g/mol. The van der Waals surface area contributed by atoms with Crippen LogP contribution < -0.4 is 5.32 Å². The van der Waals surface area contributed by atoms with Gasteiger partial charge >= 0.3 is 0 Å². The summed E-state index contributed by atoms with van der Waals surface area (Å²) in [5.41, 5.74) is 1.93. The van der Waals surface area contributed by atoms with E-state index in [1.54, 1.807) is 0 Å². The van der Waals surface area contributed by atoms with E-state index in [9.17, 15) is 0 Å². The SMILES string of the molecule is C#Cc1ccc(Cl)c(CNCC)c1. The summed E-state index contributed by atoms with van der Waals surface area (Å²) in [6.45, 7) is 3.75. The van der Waals surface area contributed by atoms with Gasteiger partial charge in [0.2, 0.25) is 0 Å². The van der Waals surface area contributed by atoms with Gasteiger partial charge in [-0.15, -0.1) is 6.42 Å². The summed E-state index contributed by atoms with van der Waals surface area (Å²) in [5.74, 6) is 2.58. The van der Waals surface area contributed by atoms with E-state index in [0.29, 0.717) is 0 Å². The molecule has 0 fully saturated rings. The molecule has 0 unspecified atom stereocenters. The Hall–Kier alpha value is -0.970. The Morgan fingerprint density at radius 2 is 2.31 bits per heavy atom. The van der Waals surface area contributed by atoms with Crippen LogP contribution in [-0.2, 0) is 6.54 Å². The molecule has 1 nitrogen and oxygen atoms in total. The van der Waals surface area contributed by atoms with Crippen LogP contribution in [0, 0.1) is 12.3 Å². The third-order valence-electron chi connectivity index (χ3n) is 1.78. The van der Waals surface area contributed by atoms with Gasteiger partial charge in [0.1, 0.15) is 0 Å². The molecule has 0 radical (unpaired) electrons. The van der Waals surface area contributed by atoms with Gasteiger partial charge in [0.25, 0.3) is 0 Å². The van der Waals surface area contributed by atoms with Crippen molar-refractivity contribution in [1.82, 2.24) is 5.32 Å². The molecule has 1 aromatic carbocycles. The smallest absolute Gasteiger partial charge is 0.0451 e. The van der Waals surface area contributed by atoms with Crippen molar-refractivity contribution in [3.05, 3.63) is 34.3 Å². The van der Waals surface area contributed by atoms with Gasteiger partial charge in [-0.25, -0.2) is 0 Å². The minimum absolute atomic E-state index is 0.764. The molecule has 1 rings (SSSR count). The van der Waals surface area contributed by atoms with Gasteiger partial charge in [-0.1, -0.05) is 24.4 Å². The van der Waals surface area contributed by atoms with Crippen molar-refractivity contribution in [2.24, 2.45) is 0 Å². The van der Waals surface area contributed by atoms with Crippen LogP contribution in [0.3, 0.4) is 0 Å². The zero-order valence-electron chi connectivity index (χ0n) is 7.60. The Balaban J connectivity index is 2.85. The van der Waals surface area contributed by atoms with Crippen LogP contribution >= 0.6 is 11.6 Å². The van der Waals surface area contributed by atoms with Gasteiger partial charge in [0, 0.05) is 17.1 Å². The van der Waals surface area contributed by atoms with E-state index in [2.05, 4.69) is 18.2 Å². The van der Waals surface area contributed by atoms with E-state index >= 15 is 0 Å². The molecule has 1 aromatic rings. The van der Waals surface area contributed by atoms with Crippen molar-refractivity contribution in [2.75, 3.05) is 6.54 Å². The van der Waals surface area contributed by atoms with E-state index in [-0.39, 0.29) is 0 Å². The lowest BCUT2D eigenvalue weighted by molar-refractivity contribution is 0.727. The molecular formula is C11H12ClN. The highest BCUT2D eigenvalue weighted by molar-refractivity contribution is 6.31. The number of hydrogen-bond donors (Lipinski definition) is 1. The third-order valence-corrected chi connectivity index (χ3v) is 2.15. The van der Waals surface area contributed by atoms with Crippen molar-refractivity contribution in [2.45, 2.75) is 13.5 Å². The second-order valence-corrected chi connectivity index (χ2v) is 3.14. The summed E-state index contributed by atoms with van der Waals surface area (Å²) in [4.78, 5) is 0. The van der Waals surface area contributed by atoms with Gasteiger partial charge in [-0.2, -0.15) is 0 Å². The van der Waals surface area contributed by atoms with Gasteiger partial charge in [0.05, 0.1) is 0 Å². The van der Waals surface area contributed by atoms with E-state index in [1.165, 1.54) is 0 Å². The lowest BCUT2D eigenvalue weighted by Gasteiger charge is -2.04. The summed E-state index contributed by atoms with van der Waals surface area (Å²) in [5, 5.41) is 3.97. The second-order valence-electron chi connectivity index (χ2n) is 2.73. The largest absolute Gasteiger partial charge is 0.313 e. The molecule has 1 N–H and O–H groups in total. The molecule has 0 saturated heterocycles. The molecule has 2 heteroatoms. The molecule has 0 aliphatic heterocycles. The molecule has 13 heavy (non-hydrogen) atoms. The number of hydrogen-bond acceptors (Lipinski definition) is 1. The van der Waals surface area contributed by atoms with Crippen molar-refractivity contribution < 1.29 is 0 Å². The molecule has 68 valence electrons. The van der Waals surface area contributed by atoms with Crippen LogP contribution in [0.25, 0.3) is 0 Å². The number of halogens is 1. The fourth-order valence-electron chi connectivity index (χ4n) is 1.06. The van der Waals surface area contributed by atoms with Crippen LogP contribution in [0.1, 0.15) is 18.1 Å². The van der Waals surface area contributed by atoms with Gasteiger partial charge in [-0.05, 0) is 30.3 Å². The molecule has 0 bridgehead atoms. The first-order chi connectivity index (χ1) is 6.27. The maximum atomic E-state index is 5.98. The maximum absolute atomic E-state index is 5.98. The number of benzene rings is 1. The van der Waals surface area contributed by atoms with Crippen molar-refractivity contribution in [1.29, 1.82) is 0 Å². The Morgan fingerprint density at radius 1 is 1.54 bits per heavy atom. The number of rotatable bonds is 3. The van der Waals surface area contributed by atoms with Crippen LogP contribution in [0.4, 0.5) is 0 Å². The predicted octanol–water partition coefficient (Wildman–Crippen LogP) is 2.43. The van der Waals surface area contributed by atoms with E-state index < -0.39 is 0 Å². The quantitative estimate of drug-likeness (QED) is 0.728. The summed E-state index contributed by atoms with van der Waals surface area (Å²) < 4.78 is 0. The molecule has 0 aromatic heterocycles. The molecule has 0 atom stereocenters. The lowest BCUT2D eigenvalue weighted by atomic mass is 10.1. The predicted molar refractivity (Wildman–Crippen MR) is 56.8 cm³/mol. The highest BCUT2D eigenvalue weighted by Gasteiger charge is 1.99. The van der Waals surface area contributed by atoms with Gasteiger partial charge in [0.15, 0.2) is 0 Å². The Labute approximate surface area is 84.1 Å². The van der Waals surface area contributed by atoms with Crippen LogP contribution in [0.2, 0.25) is 5.02 Å². The van der Waals surface area contributed by atoms with Crippen molar-refractivity contribution in [3.63, 3.8) is 0 Å². The Morgan fingerprint density at radius 3 is 2.92 bits per heavy atom. The van der Waals surface area contributed by atoms with E-state index in [0.717, 1.165) is 29.2 Å². The first kappa shape index (κ1) is 10.1. The normalized spacial score (nSPS) is 9.62. The molecule has 0 aliphatic carbocycles. The third kappa shape index (κ3) is 2.77. The van der Waals surface area contributed by atoms with E-state index in [4.69, 9.17) is 18.0 Å². The highest BCUT2D eigenvalue weighted by atomic mass is 35.5. The minimum Gasteiger partial charge on any atom is -0.313 e. The number of nitrogens with one attached hydrogen (secondary N) is 1. The lowest BCUT2D eigenvalue weighted by Crippen LogP contribution is -2.12. The Bertz CT molecular complexity index is 325. The zero-order valence-corrected chi connectivity index (χ0v) is 8.36. The standard InChI is InChI=1S/C11H12ClN/c1-3-9-5-6-11(12)10(7-9)8-13-4-2/h1,5-7,13H,4,8H2,2H3. The van der Waals surface area contributed by atoms with Gasteiger partial charge in [-0.3, -0.25) is 0 Å². The van der Waals surface area contributed by atoms with Crippen molar-refractivity contribution >= 4 is 11.6 Å². The topological polar surface area (TPSA) is 12.0 Å². The Kier molecular flexibility index (Phi) is 3.82. The van der Waals surface area contributed by atoms with Crippen LogP contribution in [-0.4, -0.2) is 6.54 Å². The first-order valence-corrected chi connectivity index (χ1v) is 4.61. The summed E-state index contributed by atoms with van der Waals surface area (Å²) in [7, 11) is 0. The van der Waals surface area contributed by atoms with Crippen LogP contribution in [0.5, 0.6) is 0 Å². The summed E-state index contributed by atoms with van der Waals surface area (Å²) in [6, 6.07) is 5.62. The summed E-state index contributed by atoms with van der Waals surface area (Å²) in [6.07, 6.45) is 5.28.